The van der Waals surface area contributed by atoms with Gasteiger partial charge < -0.3 is 24.5 Å². The monoisotopic (exact) mass is 553 g/mol. The summed E-state index contributed by atoms with van der Waals surface area (Å²) < 4.78 is 9.43. The lowest BCUT2D eigenvalue weighted by Crippen LogP contribution is -2.33. The van der Waals surface area contributed by atoms with Crippen molar-refractivity contribution >= 4 is 22.8 Å². The number of ether oxygens (including phenoxy) is 1. The molecule has 0 saturated carbocycles. The normalized spacial score (nSPS) is 13.7. The number of nitrogens with one attached hydrogen (secondary N) is 3. The van der Waals surface area contributed by atoms with Gasteiger partial charge in [0, 0.05) is 25.6 Å². The Morgan fingerprint density at radius 2 is 2.07 bits per heavy atom. The number of carbonyl (C=O) groups excluding carboxylic acids is 1. The van der Waals surface area contributed by atoms with Crippen molar-refractivity contribution in [2.75, 3.05) is 19.7 Å². The van der Waals surface area contributed by atoms with Gasteiger partial charge in [-0.15, -0.1) is 5.10 Å². The molecule has 0 bridgehead atoms. The van der Waals surface area contributed by atoms with Crippen molar-refractivity contribution < 1.29 is 9.53 Å². The van der Waals surface area contributed by atoms with Gasteiger partial charge in [0.2, 0.25) is 0 Å². The number of nitrogens with zero attached hydrogens (tertiary/aromatic N) is 8. The minimum Gasteiger partial charge on any atom is -0.489 e. The van der Waals surface area contributed by atoms with Gasteiger partial charge in [-0.25, -0.2) is 9.97 Å². The van der Waals surface area contributed by atoms with Crippen LogP contribution >= 0.6 is 0 Å². The topological polar surface area (TPSA) is 156 Å². The van der Waals surface area contributed by atoms with Crippen molar-refractivity contribution in [2.24, 2.45) is 7.05 Å². The molecule has 5 aromatic rings. The molecule has 6 rings (SSSR count). The highest BCUT2D eigenvalue weighted by molar-refractivity contribution is 5.97. The fourth-order valence-corrected chi connectivity index (χ4v) is 5.13. The van der Waals surface area contributed by atoms with Crippen molar-refractivity contribution in [3.63, 3.8) is 0 Å². The minimum atomic E-state index is -0.190. The third-order valence-electron chi connectivity index (χ3n) is 7.41. The average molecular weight is 554 g/mol. The first-order valence-corrected chi connectivity index (χ1v) is 13.5. The lowest BCUT2D eigenvalue weighted by atomic mass is 10.1. The van der Waals surface area contributed by atoms with E-state index >= 15 is 0 Å². The molecule has 1 aliphatic heterocycles. The second-order valence-electron chi connectivity index (χ2n) is 10.1. The van der Waals surface area contributed by atoms with Gasteiger partial charge in [0.25, 0.3) is 5.91 Å². The van der Waals surface area contributed by atoms with Gasteiger partial charge in [-0.2, -0.15) is 4.68 Å². The largest absolute Gasteiger partial charge is 0.489 e. The summed E-state index contributed by atoms with van der Waals surface area (Å²) in [6, 6.07) is 12.9. The first-order chi connectivity index (χ1) is 19.9. The molecular formula is C28H31N11O2. The number of rotatable bonds is 8. The van der Waals surface area contributed by atoms with Crippen LogP contribution in [0.1, 0.15) is 53.2 Å². The Morgan fingerprint density at radius 1 is 1.22 bits per heavy atom. The van der Waals surface area contributed by atoms with E-state index in [9.17, 15) is 4.79 Å². The fourth-order valence-electron chi connectivity index (χ4n) is 5.13. The number of para-hydroxylation sites is 2. The lowest BCUT2D eigenvalue weighted by Gasteiger charge is -2.26. The smallest absolute Gasteiger partial charge is 0.251 e. The molecular weight excluding hydrogens is 522 g/mol. The van der Waals surface area contributed by atoms with Crippen molar-refractivity contribution in [1.82, 2.24) is 49.9 Å². The fraction of sp³-hybridized carbons (Fsp3) is 0.321. The van der Waals surface area contributed by atoms with Crippen LogP contribution in [0.2, 0.25) is 0 Å². The third-order valence-corrected chi connectivity index (χ3v) is 7.41. The zero-order valence-electron chi connectivity index (χ0n) is 23.1. The number of amidine groups is 1. The van der Waals surface area contributed by atoms with E-state index in [1.807, 2.05) is 59.8 Å². The molecule has 1 aliphatic rings. The summed E-state index contributed by atoms with van der Waals surface area (Å²) in [7, 11) is 1.96. The summed E-state index contributed by atoms with van der Waals surface area (Å²) in [6.45, 7) is 5.97. The number of imidazole rings is 2. The standard InChI is InChI=1S/C28H31N11O2/c1-17(26-32-20-10-12-38(18(2)29)15-22(20)33-26)27-34-21-9-8-19(14-24(21)37(27)3)28(40)30-11-13-41-25-7-5-4-6-23(25)39-16-31-35-36-39/h4-9,14,16-17,29H,10-13,15H2,1-3H3,(H,30,40)(H,32,33). The van der Waals surface area contributed by atoms with E-state index in [0.717, 1.165) is 47.0 Å². The second-order valence-corrected chi connectivity index (χ2v) is 10.1. The molecule has 41 heavy (non-hydrogen) atoms. The Kier molecular flexibility index (Phi) is 6.91. The summed E-state index contributed by atoms with van der Waals surface area (Å²) in [5.74, 6) is 2.64. The van der Waals surface area contributed by atoms with Crippen LogP contribution in [-0.4, -0.2) is 76.1 Å². The highest BCUT2D eigenvalue weighted by Gasteiger charge is 2.25. The van der Waals surface area contributed by atoms with Crippen molar-refractivity contribution in [3.05, 3.63) is 77.4 Å². The summed E-state index contributed by atoms with van der Waals surface area (Å²) in [5, 5.41) is 22.1. The average Bonchev–Trinajstić information content (AvgIpc) is 3.74. The molecule has 0 saturated heterocycles. The highest BCUT2D eigenvalue weighted by Crippen LogP contribution is 2.28. The number of fused-ring (bicyclic) bond motifs is 2. The number of amides is 1. The summed E-state index contributed by atoms with van der Waals surface area (Å²) in [6.07, 6.45) is 2.31. The Labute approximate surface area is 236 Å². The highest BCUT2D eigenvalue weighted by atomic mass is 16.5. The van der Waals surface area contributed by atoms with Crippen LogP contribution in [0.25, 0.3) is 16.7 Å². The lowest BCUT2D eigenvalue weighted by molar-refractivity contribution is 0.0947. The number of aryl methyl sites for hydroxylation is 1. The van der Waals surface area contributed by atoms with Gasteiger partial charge in [-0.1, -0.05) is 12.1 Å². The molecule has 1 atom stereocenters. The zero-order chi connectivity index (χ0) is 28.5. The van der Waals surface area contributed by atoms with Crippen molar-refractivity contribution in [1.29, 1.82) is 5.41 Å². The summed E-state index contributed by atoms with van der Waals surface area (Å²) >= 11 is 0. The van der Waals surface area contributed by atoms with E-state index in [1.165, 1.54) is 11.0 Å². The molecule has 13 nitrogen and oxygen atoms in total. The van der Waals surface area contributed by atoms with Crippen LogP contribution in [0.4, 0.5) is 0 Å². The Balaban J connectivity index is 1.12. The summed E-state index contributed by atoms with van der Waals surface area (Å²) in [4.78, 5) is 28.2. The quantitative estimate of drug-likeness (QED) is 0.150. The van der Waals surface area contributed by atoms with Crippen LogP contribution in [0.15, 0.2) is 48.8 Å². The summed E-state index contributed by atoms with van der Waals surface area (Å²) in [5.41, 5.74) is 5.07. The number of hydrogen-bond donors (Lipinski definition) is 3. The number of carbonyl (C=O) groups is 1. The molecule has 3 aromatic heterocycles. The molecule has 0 aliphatic carbocycles. The molecule has 2 aromatic carbocycles. The molecule has 1 unspecified atom stereocenters. The maximum Gasteiger partial charge on any atom is 0.251 e. The van der Waals surface area contributed by atoms with Crippen molar-refractivity contribution in [3.8, 4) is 11.4 Å². The maximum absolute atomic E-state index is 13.0. The predicted molar refractivity (Wildman–Crippen MR) is 151 cm³/mol. The van der Waals surface area contributed by atoms with E-state index in [-0.39, 0.29) is 18.4 Å². The number of benzene rings is 2. The van der Waals surface area contributed by atoms with Gasteiger partial charge in [0.1, 0.15) is 36.0 Å². The Bertz CT molecular complexity index is 1720. The van der Waals surface area contributed by atoms with Gasteiger partial charge >= 0.3 is 0 Å². The van der Waals surface area contributed by atoms with E-state index in [0.29, 0.717) is 35.9 Å². The van der Waals surface area contributed by atoms with Gasteiger partial charge in [-0.05, 0) is 54.6 Å². The number of tetrazole rings is 1. The van der Waals surface area contributed by atoms with Crippen LogP contribution in [0.5, 0.6) is 5.75 Å². The zero-order valence-corrected chi connectivity index (χ0v) is 23.1. The predicted octanol–water partition coefficient (Wildman–Crippen LogP) is 2.59. The minimum absolute atomic E-state index is 0.0712. The first kappa shape index (κ1) is 26.2. The van der Waals surface area contributed by atoms with E-state index in [4.69, 9.17) is 20.1 Å². The van der Waals surface area contributed by atoms with E-state index < -0.39 is 0 Å². The van der Waals surface area contributed by atoms with E-state index in [1.54, 1.807) is 6.07 Å². The molecule has 1 amide bonds. The van der Waals surface area contributed by atoms with Gasteiger partial charge in [0.05, 0.1) is 47.3 Å². The SMILES string of the molecule is CC(=N)N1CCc2nc(C(C)c3nc4ccc(C(=O)NCCOc5ccccc5-n5cnnn5)cc4n3C)[nH]c2C1. The number of hydrogen-bond acceptors (Lipinski definition) is 8. The Hall–Kier alpha value is -5.07. The van der Waals surface area contributed by atoms with Gasteiger partial charge in [-0.3, -0.25) is 10.2 Å². The second kappa shape index (κ2) is 10.8. The third kappa shape index (κ3) is 5.13. The molecule has 3 N–H and O–H groups in total. The van der Waals surface area contributed by atoms with Crippen molar-refractivity contribution in [2.45, 2.75) is 32.7 Å². The van der Waals surface area contributed by atoms with Gasteiger partial charge in [0.15, 0.2) is 0 Å². The molecule has 4 heterocycles. The van der Waals surface area contributed by atoms with Crippen LogP contribution in [0.3, 0.4) is 0 Å². The number of aromatic amines is 1. The molecule has 0 fully saturated rings. The van der Waals surface area contributed by atoms with Crippen LogP contribution in [0, 0.1) is 5.41 Å². The molecule has 210 valence electrons. The van der Waals surface area contributed by atoms with E-state index in [2.05, 4.69) is 32.7 Å². The molecule has 0 spiro atoms. The number of H-pyrrole nitrogens is 1. The van der Waals surface area contributed by atoms with Crippen LogP contribution in [-0.2, 0) is 20.0 Å². The van der Waals surface area contributed by atoms with Crippen LogP contribution < -0.4 is 10.1 Å². The molecule has 0 radical (unpaired) electrons. The first-order valence-electron chi connectivity index (χ1n) is 13.5. The number of aromatic nitrogens is 8. The maximum atomic E-state index is 13.0. The Morgan fingerprint density at radius 3 is 2.88 bits per heavy atom. The molecule has 13 heteroatoms.